The van der Waals surface area contributed by atoms with Crippen molar-refractivity contribution in [3.05, 3.63) is 58.4 Å². The first kappa shape index (κ1) is 18.7. The molecule has 0 heterocycles. The van der Waals surface area contributed by atoms with Gasteiger partial charge in [-0.3, -0.25) is 10.1 Å². The highest BCUT2D eigenvalue weighted by Crippen LogP contribution is 2.28. The van der Waals surface area contributed by atoms with Gasteiger partial charge in [-0.25, -0.2) is 12.8 Å². The van der Waals surface area contributed by atoms with Gasteiger partial charge in [0.1, 0.15) is 23.9 Å². The minimum absolute atomic E-state index is 0.125. The maximum atomic E-state index is 12.8. The van der Waals surface area contributed by atoms with Crippen molar-refractivity contribution in [3.63, 3.8) is 0 Å². The SMILES string of the molecule is CC(COc1ccc(F)cc1)Nc1ccc(S(C)(=O)=O)cc1[N+](=O)[O-]. The number of nitro benzene ring substituents is 1. The van der Waals surface area contributed by atoms with Gasteiger partial charge in [-0.05, 0) is 43.3 Å². The van der Waals surface area contributed by atoms with E-state index in [0.29, 0.717) is 5.75 Å². The molecule has 0 fully saturated rings. The van der Waals surface area contributed by atoms with Crippen molar-refractivity contribution in [1.29, 1.82) is 0 Å². The average molecular weight is 368 g/mol. The first-order chi connectivity index (χ1) is 11.7. The van der Waals surface area contributed by atoms with Crippen molar-refractivity contribution in [1.82, 2.24) is 0 Å². The Labute approximate surface area is 144 Å². The average Bonchev–Trinajstić information content (AvgIpc) is 2.53. The van der Waals surface area contributed by atoms with Crippen LogP contribution in [0.3, 0.4) is 0 Å². The van der Waals surface area contributed by atoms with Crippen molar-refractivity contribution in [2.45, 2.75) is 17.9 Å². The number of hydrogen-bond acceptors (Lipinski definition) is 6. The second-order valence-electron chi connectivity index (χ2n) is 5.52. The minimum Gasteiger partial charge on any atom is -0.491 e. The van der Waals surface area contributed by atoms with E-state index in [4.69, 9.17) is 4.74 Å². The van der Waals surface area contributed by atoms with Crippen LogP contribution in [-0.2, 0) is 9.84 Å². The van der Waals surface area contributed by atoms with E-state index in [9.17, 15) is 22.9 Å². The lowest BCUT2D eigenvalue weighted by molar-refractivity contribution is -0.384. The summed E-state index contributed by atoms with van der Waals surface area (Å²) in [5.74, 6) is 0.0945. The maximum Gasteiger partial charge on any atom is 0.293 e. The fourth-order valence-corrected chi connectivity index (χ4v) is 2.72. The zero-order chi connectivity index (χ0) is 18.6. The van der Waals surface area contributed by atoms with Crippen molar-refractivity contribution in [3.8, 4) is 5.75 Å². The number of ether oxygens (including phenoxy) is 1. The Hall–Kier alpha value is -2.68. The molecule has 0 bridgehead atoms. The third kappa shape index (κ3) is 5.15. The molecule has 0 aliphatic rings. The molecule has 2 rings (SSSR count). The number of rotatable bonds is 7. The van der Waals surface area contributed by atoms with Gasteiger partial charge >= 0.3 is 0 Å². The van der Waals surface area contributed by atoms with E-state index in [2.05, 4.69) is 5.32 Å². The van der Waals surface area contributed by atoms with Gasteiger partial charge in [0.2, 0.25) is 0 Å². The van der Waals surface area contributed by atoms with E-state index < -0.39 is 14.8 Å². The van der Waals surface area contributed by atoms with Gasteiger partial charge in [0.05, 0.1) is 15.9 Å². The second kappa shape index (κ2) is 7.47. The number of nitro groups is 1. The largest absolute Gasteiger partial charge is 0.491 e. The van der Waals surface area contributed by atoms with Crippen LogP contribution in [0.1, 0.15) is 6.92 Å². The van der Waals surface area contributed by atoms with Gasteiger partial charge in [-0.15, -0.1) is 0 Å². The Morgan fingerprint density at radius 2 is 1.88 bits per heavy atom. The molecule has 2 aromatic carbocycles. The molecule has 0 aromatic heterocycles. The molecule has 1 N–H and O–H groups in total. The number of halogens is 1. The van der Waals surface area contributed by atoms with Crippen LogP contribution in [0.5, 0.6) is 5.75 Å². The molecule has 2 aromatic rings. The Balaban J connectivity index is 2.10. The van der Waals surface area contributed by atoms with Crippen LogP contribution in [0.15, 0.2) is 47.4 Å². The Bertz CT molecular complexity index is 869. The highest BCUT2D eigenvalue weighted by atomic mass is 32.2. The molecule has 1 atom stereocenters. The summed E-state index contributed by atoms with van der Waals surface area (Å²) in [6.45, 7) is 1.92. The number of hydrogen-bond donors (Lipinski definition) is 1. The summed E-state index contributed by atoms with van der Waals surface area (Å²) in [7, 11) is -3.54. The summed E-state index contributed by atoms with van der Waals surface area (Å²) >= 11 is 0. The van der Waals surface area contributed by atoms with Crippen LogP contribution >= 0.6 is 0 Å². The molecule has 1 unspecified atom stereocenters. The van der Waals surface area contributed by atoms with Gasteiger partial charge in [0, 0.05) is 12.3 Å². The first-order valence-electron chi connectivity index (χ1n) is 7.30. The molecule has 0 saturated carbocycles. The highest BCUT2D eigenvalue weighted by Gasteiger charge is 2.20. The Morgan fingerprint density at radius 1 is 1.24 bits per heavy atom. The summed E-state index contributed by atoms with van der Waals surface area (Å²) in [4.78, 5) is 10.4. The quantitative estimate of drug-likeness (QED) is 0.596. The van der Waals surface area contributed by atoms with Gasteiger partial charge < -0.3 is 10.1 Å². The lowest BCUT2D eigenvalue weighted by atomic mass is 10.2. The van der Waals surface area contributed by atoms with Gasteiger partial charge in [0.15, 0.2) is 9.84 Å². The monoisotopic (exact) mass is 368 g/mol. The number of anilines is 1. The van der Waals surface area contributed by atoms with Crippen LogP contribution < -0.4 is 10.1 Å². The summed E-state index contributed by atoms with van der Waals surface area (Å²) < 4.78 is 41.4. The van der Waals surface area contributed by atoms with E-state index in [1.807, 2.05) is 0 Å². The van der Waals surface area contributed by atoms with Crippen molar-refractivity contribution in [2.24, 2.45) is 0 Å². The second-order valence-corrected chi connectivity index (χ2v) is 7.53. The molecule has 0 spiro atoms. The molecular formula is C16H17FN2O5S. The van der Waals surface area contributed by atoms with Crippen LogP contribution in [0.25, 0.3) is 0 Å². The third-order valence-corrected chi connectivity index (χ3v) is 4.42. The maximum absolute atomic E-state index is 12.8. The highest BCUT2D eigenvalue weighted by molar-refractivity contribution is 7.90. The molecule has 7 nitrogen and oxygen atoms in total. The van der Waals surface area contributed by atoms with Crippen molar-refractivity contribution < 1.29 is 22.5 Å². The summed E-state index contributed by atoms with van der Waals surface area (Å²) in [5, 5.41) is 14.1. The Morgan fingerprint density at radius 3 is 2.44 bits per heavy atom. The lowest BCUT2D eigenvalue weighted by Gasteiger charge is -2.16. The number of nitrogens with zero attached hydrogens (tertiary/aromatic N) is 1. The lowest BCUT2D eigenvalue weighted by Crippen LogP contribution is -2.24. The van der Waals surface area contributed by atoms with E-state index in [-0.39, 0.29) is 34.7 Å². The predicted molar refractivity (Wildman–Crippen MR) is 91.2 cm³/mol. The summed E-state index contributed by atoms with van der Waals surface area (Å²) in [6.07, 6.45) is 0.984. The van der Waals surface area contributed by atoms with Crippen molar-refractivity contribution >= 4 is 21.2 Å². The van der Waals surface area contributed by atoms with Crippen LogP contribution in [0, 0.1) is 15.9 Å². The zero-order valence-electron chi connectivity index (χ0n) is 13.6. The molecule has 25 heavy (non-hydrogen) atoms. The van der Waals surface area contributed by atoms with E-state index >= 15 is 0 Å². The summed E-state index contributed by atoms with van der Waals surface area (Å²) in [6, 6.07) is 8.85. The molecule has 0 aliphatic heterocycles. The minimum atomic E-state index is -3.54. The fourth-order valence-electron chi connectivity index (χ4n) is 2.07. The molecule has 134 valence electrons. The fraction of sp³-hybridized carbons (Fsp3) is 0.250. The topological polar surface area (TPSA) is 98.5 Å². The van der Waals surface area contributed by atoms with E-state index in [0.717, 1.165) is 12.3 Å². The molecular weight excluding hydrogens is 351 g/mol. The van der Waals surface area contributed by atoms with Crippen LogP contribution in [0.2, 0.25) is 0 Å². The van der Waals surface area contributed by atoms with E-state index in [1.54, 1.807) is 6.92 Å². The van der Waals surface area contributed by atoms with Gasteiger partial charge in [-0.2, -0.15) is 0 Å². The molecule has 0 amide bonds. The first-order valence-corrected chi connectivity index (χ1v) is 9.19. The van der Waals surface area contributed by atoms with Gasteiger partial charge in [-0.1, -0.05) is 0 Å². The predicted octanol–water partition coefficient (Wildman–Crippen LogP) is 3.02. The van der Waals surface area contributed by atoms with Crippen molar-refractivity contribution in [2.75, 3.05) is 18.2 Å². The molecule has 0 radical (unpaired) electrons. The number of nitrogens with one attached hydrogen (secondary N) is 1. The zero-order valence-corrected chi connectivity index (χ0v) is 14.4. The van der Waals surface area contributed by atoms with Crippen LogP contribution in [0.4, 0.5) is 15.8 Å². The molecule has 0 aliphatic carbocycles. The smallest absolute Gasteiger partial charge is 0.293 e. The Kier molecular flexibility index (Phi) is 5.58. The van der Waals surface area contributed by atoms with E-state index in [1.165, 1.54) is 36.4 Å². The normalized spacial score (nSPS) is 12.4. The molecule has 0 saturated heterocycles. The van der Waals surface area contributed by atoms with Crippen LogP contribution in [-0.4, -0.2) is 32.2 Å². The third-order valence-electron chi connectivity index (χ3n) is 3.31. The molecule has 9 heteroatoms. The summed E-state index contributed by atoms with van der Waals surface area (Å²) in [5.41, 5.74) is -0.149. The standard InChI is InChI=1S/C16H17FN2O5S/c1-11(10-24-13-5-3-12(17)4-6-13)18-15-8-7-14(25(2,22)23)9-16(15)19(20)21/h3-9,11,18H,10H2,1-2H3. The number of benzene rings is 2. The number of sulfone groups is 1. The van der Waals surface area contributed by atoms with Gasteiger partial charge in [0.25, 0.3) is 5.69 Å².